The molecule has 0 saturated heterocycles. The highest BCUT2D eigenvalue weighted by Gasteiger charge is 2.32. The van der Waals surface area contributed by atoms with Gasteiger partial charge in [0, 0.05) is 6.20 Å². The van der Waals surface area contributed by atoms with Gasteiger partial charge < -0.3 is 14.8 Å². The second kappa shape index (κ2) is 8.80. The summed E-state index contributed by atoms with van der Waals surface area (Å²) in [5, 5.41) is 9.01. The van der Waals surface area contributed by atoms with Crippen molar-refractivity contribution < 1.29 is 23.9 Å². The van der Waals surface area contributed by atoms with Crippen molar-refractivity contribution in [1.29, 1.82) is 0 Å². The van der Waals surface area contributed by atoms with Crippen LogP contribution in [0.4, 0.5) is 5.00 Å². The molecule has 1 aliphatic rings. The van der Waals surface area contributed by atoms with E-state index in [1.54, 1.807) is 6.92 Å². The predicted octanol–water partition coefficient (Wildman–Crippen LogP) is 2.60. The lowest BCUT2D eigenvalue weighted by molar-refractivity contribution is -0.119. The topological polar surface area (TPSA) is 125 Å². The molecule has 0 aliphatic heterocycles. The molecule has 0 aromatic carbocycles. The number of aromatic nitrogens is 4. The van der Waals surface area contributed by atoms with E-state index >= 15 is 0 Å². The third kappa shape index (κ3) is 4.26. The number of fused-ring (bicyclic) bond motifs is 1. The van der Waals surface area contributed by atoms with Gasteiger partial charge in [0.2, 0.25) is 0 Å². The molecular weight excluding hydrogens is 422 g/mol. The molecule has 0 radical (unpaired) electrons. The van der Waals surface area contributed by atoms with Crippen molar-refractivity contribution in [2.75, 3.05) is 18.5 Å². The zero-order valence-corrected chi connectivity index (χ0v) is 17.9. The van der Waals surface area contributed by atoms with E-state index in [0.717, 1.165) is 18.4 Å². The van der Waals surface area contributed by atoms with Gasteiger partial charge in [-0.2, -0.15) is 10.1 Å². The Bertz CT molecular complexity index is 1150. The van der Waals surface area contributed by atoms with Crippen molar-refractivity contribution in [3.05, 3.63) is 40.3 Å². The monoisotopic (exact) mass is 443 g/mol. The lowest BCUT2D eigenvalue weighted by atomic mass is 10.1. The maximum Gasteiger partial charge on any atom is 0.342 e. The maximum atomic E-state index is 12.5. The SMILES string of the molecule is CCOC(=O)c1c(C2CC2)csc1NC(=O)COC(=O)c1cnc2ncnn2c1CC. The van der Waals surface area contributed by atoms with Gasteiger partial charge in [-0.25, -0.2) is 19.1 Å². The average Bonchev–Trinajstić information content (AvgIpc) is 3.34. The molecule has 3 aromatic heterocycles. The molecule has 4 rings (SSSR count). The summed E-state index contributed by atoms with van der Waals surface area (Å²) < 4.78 is 11.8. The van der Waals surface area contributed by atoms with Crippen LogP contribution in [0, 0.1) is 0 Å². The highest BCUT2D eigenvalue weighted by Crippen LogP contribution is 2.46. The molecule has 1 N–H and O–H groups in total. The van der Waals surface area contributed by atoms with Gasteiger partial charge in [0.25, 0.3) is 11.7 Å². The van der Waals surface area contributed by atoms with Crippen molar-refractivity contribution in [3.8, 4) is 0 Å². The van der Waals surface area contributed by atoms with Crippen molar-refractivity contribution in [2.45, 2.75) is 39.0 Å². The molecule has 31 heavy (non-hydrogen) atoms. The Morgan fingerprint density at radius 3 is 2.71 bits per heavy atom. The van der Waals surface area contributed by atoms with Gasteiger partial charge in [-0.15, -0.1) is 11.3 Å². The number of hydrogen-bond donors (Lipinski definition) is 1. The second-order valence-electron chi connectivity index (χ2n) is 6.96. The van der Waals surface area contributed by atoms with Crippen LogP contribution < -0.4 is 5.32 Å². The van der Waals surface area contributed by atoms with E-state index in [2.05, 4.69) is 20.4 Å². The Kier molecular flexibility index (Phi) is 5.94. The van der Waals surface area contributed by atoms with Gasteiger partial charge in [0.1, 0.15) is 11.3 Å². The first-order valence-corrected chi connectivity index (χ1v) is 10.8. The van der Waals surface area contributed by atoms with Crippen LogP contribution in [0.1, 0.15) is 64.6 Å². The quantitative estimate of drug-likeness (QED) is 0.527. The standard InChI is InChI=1S/C20H21N5O5S/c1-3-14-12(7-21-20-22-10-23-25(14)20)18(27)30-8-15(26)24-17-16(19(28)29-4-2)13(9-31-17)11-5-6-11/h7,9-11H,3-6,8H2,1-2H3,(H,24,26). The molecule has 3 heterocycles. The fourth-order valence-corrected chi connectivity index (χ4v) is 4.33. The van der Waals surface area contributed by atoms with E-state index < -0.39 is 24.5 Å². The molecule has 10 nitrogen and oxygen atoms in total. The number of anilines is 1. The van der Waals surface area contributed by atoms with E-state index in [-0.39, 0.29) is 12.2 Å². The number of thiophene rings is 1. The van der Waals surface area contributed by atoms with Gasteiger partial charge in [-0.3, -0.25) is 4.79 Å². The number of nitrogens with zero attached hydrogens (tertiary/aromatic N) is 4. The molecule has 162 valence electrons. The molecular formula is C20H21N5O5S. The molecule has 11 heteroatoms. The first-order chi connectivity index (χ1) is 15.0. The predicted molar refractivity (Wildman–Crippen MR) is 111 cm³/mol. The third-order valence-corrected chi connectivity index (χ3v) is 5.78. The molecule has 1 fully saturated rings. The molecule has 0 spiro atoms. The van der Waals surface area contributed by atoms with E-state index in [9.17, 15) is 14.4 Å². The Balaban J connectivity index is 1.44. The minimum absolute atomic E-state index is 0.215. The third-order valence-electron chi connectivity index (χ3n) is 4.86. The summed E-state index contributed by atoms with van der Waals surface area (Å²) in [4.78, 5) is 45.4. The normalized spacial score (nSPS) is 13.2. The molecule has 1 amide bonds. The largest absolute Gasteiger partial charge is 0.462 e. The van der Waals surface area contributed by atoms with Gasteiger partial charge >= 0.3 is 11.9 Å². The number of ether oxygens (including phenoxy) is 2. The zero-order valence-electron chi connectivity index (χ0n) is 17.1. The lowest BCUT2D eigenvalue weighted by Crippen LogP contribution is -2.23. The molecule has 0 unspecified atom stereocenters. The number of carbonyl (C=O) groups excluding carboxylic acids is 3. The zero-order chi connectivity index (χ0) is 22.0. The first-order valence-electron chi connectivity index (χ1n) is 9.96. The van der Waals surface area contributed by atoms with E-state index in [1.807, 2.05) is 12.3 Å². The smallest absolute Gasteiger partial charge is 0.342 e. The van der Waals surface area contributed by atoms with Crippen LogP contribution >= 0.6 is 11.3 Å². The molecule has 1 aliphatic carbocycles. The summed E-state index contributed by atoms with van der Waals surface area (Å²) in [5.41, 5.74) is 2.09. The summed E-state index contributed by atoms with van der Waals surface area (Å²) >= 11 is 1.26. The number of aryl methyl sites for hydroxylation is 1. The number of amides is 1. The maximum absolute atomic E-state index is 12.5. The summed E-state index contributed by atoms with van der Waals surface area (Å²) in [6.07, 6.45) is 5.24. The first kappa shape index (κ1) is 20.9. The van der Waals surface area contributed by atoms with Gasteiger partial charge in [-0.1, -0.05) is 6.92 Å². The van der Waals surface area contributed by atoms with E-state index in [4.69, 9.17) is 9.47 Å². The molecule has 0 atom stereocenters. The number of rotatable bonds is 8. The van der Waals surface area contributed by atoms with Gasteiger partial charge in [0.05, 0.1) is 23.4 Å². The highest BCUT2D eigenvalue weighted by molar-refractivity contribution is 7.15. The highest BCUT2D eigenvalue weighted by atomic mass is 32.1. The number of carbonyl (C=O) groups is 3. The van der Waals surface area contributed by atoms with Crippen LogP contribution in [0.15, 0.2) is 17.9 Å². The number of esters is 2. The lowest BCUT2D eigenvalue weighted by Gasteiger charge is -2.10. The van der Waals surface area contributed by atoms with Gasteiger partial charge in [0.15, 0.2) is 6.61 Å². The van der Waals surface area contributed by atoms with E-state index in [0.29, 0.717) is 34.4 Å². The van der Waals surface area contributed by atoms with Crippen molar-refractivity contribution in [2.24, 2.45) is 0 Å². The Morgan fingerprint density at radius 2 is 2.00 bits per heavy atom. The fourth-order valence-electron chi connectivity index (χ4n) is 3.28. The van der Waals surface area contributed by atoms with Crippen molar-refractivity contribution >= 4 is 40.0 Å². The second-order valence-corrected chi connectivity index (χ2v) is 7.84. The molecule has 1 saturated carbocycles. The Hall–Kier alpha value is -3.34. The van der Waals surface area contributed by atoms with Crippen LogP contribution in [-0.2, 0) is 20.7 Å². The van der Waals surface area contributed by atoms with Crippen LogP contribution in [0.3, 0.4) is 0 Å². The summed E-state index contributed by atoms with van der Waals surface area (Å²) in [5.74, 6) is -0.992. The Labute approximate surface area is 181 Å². The Morgan fingerprint density at radius 1 is 1.19 bits per heavy atom. The van der Waals surface area contributed by atoms with Crippen LogP contribution in [0.25, 0.3) is 5.78 Å². The molecule has 0 bridgehead atoms. The van der Waals surface area contributed by atoms with Crippen LogP contribution in [0.2, 0.25) is 0 Å². The summed E-state index contributed by atoms with van der Waals surface area (Å²) in [6.45, 7) is 3.34. The summed E-state index contributed by atoms with van der Waals surface area (Å²) in [6, 6.07) is 0. The minimum Gasteiger partial charge on any atom is -0.462 e. The van der Waals surface area contributed by atoms with Gasteiger partial charge in [-0.05, 0) is 43.0 Å². The van der Waals surface area contributed by atoms with Crippen molar-refractivity contribution in [1.82, 2.24) is 19.6 Å². The average molecular weight is 443 g/mol. The number of hydrogen-bond acceptors (Lipinski definition) is 9. The van der Waals surface area contributed by atoms with Crippen LogP contribution in [0.5, 0.6) is 0 Å². The number of nitrogens with one attached hydrogen (secondary N) is 1. The minimum atomic E-state index is -0.688. The van der Waals surface area contributed by atoms with Crippen molar-refractivity contribution in [3.63, 3.8) is 0 Å². The summed E-state index contributed by atoms with van der Waals surface area (Å²) in [7, 11) is 0. The molecule has 3 aromatic rings. The van der Waals surface area contributed by atoms with E-state index in [1.165, 1.54) is 28.4 Å². The fraction of sp³-hybridized carbons (Fsp3) is 0.400. The van der Waals surface area contributed by atoms with Crippen LogP contribution in [-0.4, -0.2) is 50.6 Å².